The summed E-state index contributed by atoms with van der Waals surface area (Å²) in [5, 5.41) is 17.3. The van der Waals surface area contributed by atoms with Crippen LogP contribution < -0.4 is 0 Å². The van der Waals surface area contributed by atoms with Crippen LogP contribution in [-0.4, -0.2) is 29.1 Å². The molecule has 3 unspecified atom stereocenters. The minimum atomic E-state index is -0.745. The van der Waals surface area contributed by atoms with Gasteiger partial charge in [0.25, 0.3) is 0 Å². The molecule has 1 aliphatic rings. The van der Waals surface area contributed by atoms with E-state index in [2.05, 4.69) is 140 Å². The molecule has 4 aromatic rings. The first-order valence-electron chi connectivity index (χ1n) is 20.5. The summed E-state index contributed by atoms with van der Waals surface area (Å²) in [6, 6.07) is 41.5. The lowest BCUT2D eigenvalue weighted by atomic mass is 9.75. The maximum absolute atomic E-state index is 9.60. The van der Waals surface area contributed by atoms with E-state index in [9.17, 15) is 9.90 Å². The van der Waals surface area contributed by atoms with Crippen LogP contribution in [0.3, 0.4) is 0 Å². The number of carboxylic acids is 1. The average molecular weight is 755 g/mol. The molecule has 0 saturated carbocycles. The Morgan fingerprint density at radius 2 is 1.16 bits per heavy atom. The quantitative estimate of drug-likeness (QED) is 0.159. The van der Waals surface area contributed by atoms with Gasteiger partial charge < -0.3 is 19.7 Å². The van der Waals surface area contributed by atoms with Gasteiger partial charge in [-0.1, -0.05) is 197 Å². The molecule has 3 atom stereocenters. The minimum absolute atomic E-state index is 0.0173. The maximum atomic E-state index is 9.60. The Labute approximate surface area is 335 Å². The third-order valence-corrected chi connectivity index (χ3v) is 9.69. The molecular weight excluding hydrogens is 681 g/mol. The van der Waals surface area contributed by atoms with E-state index >= 15 is 0 Å². The number of benzene rings is 4. The number of aliphatic hydroxyl groups excluding tert-OH is 1. The summed E-state index contributed by atoms with van der Waals surface area (Å²) in [6.45, 7) is 24.5. The monoisotopic (exact) mass is 755 g/mol. The fourth-order valence-electron chi connectivity index (χ4n) is 5.57. The molecule has 5 heteroatoms. The fourth-order valence-corrected chi connectivity index (χ4v) is 5.57. The molecule has 1 saturated heterocycles. The molecule has 0 spiro atoms. The number of carboxylic acid groups (broad SMARTS) is 1. The third kappa shape index (κ3) is 21.2. The zero-order chi connectivity index (χ0) is 41.2. The molecule has 0 aliphatic carbocycles. The van der Waals surface area contributed by atoms with Crippen molar-refractivity contribution in [2.75, 3.05) is 6.61 Å². The van der Waals surface area contributed by atoms with E-state index in [1.165, 1.54) is 29.5 Å². The Morgan fingerprint density at radius 3 is 1.55 bits per heavy atom. The van der Waals surface area contributed by atoms with Gasteiger partial charge in [-0.05, 0) is 77.0 Å². The molecule has 2 N–H and O–H groups in total. The van der Waals surface area contributed by atoms with Crippen molar-refractivity contribution >= 4 is 5.97 Å². The molecule has 0 amide bonds. The number of ether oxygens (including phenoxy) is 2. The molecule has 1 fully saturated rings. The van der Waals surface area contributed by atoms with Crippen LogP contribution in [0, 0.1) is 23.7 Å². The number of hydrogen-bond acceptors (Lipinski definition) is 4. The van der Waals surface area contributed by atoms with Gasteiger partial charge in [0.05, 0.1) is 12.2 Å². The first-order valence-corrected chi connectivity index (χ1v) is 20.5. The highest BCUT2D eigenvalue weighted by Crippen LogP contribution is 2.31. The minimum Gasteiger partial charge on any atom is -0.481 e. The van der Waals surface area contributed by atoms with Crippen molar-refractivity contribution in [3.63, 3.8) is 0 Å². The van der Waals surface area contributed by atoms with E-state index in [-0.39, 0.29) is 30.8 Å². The highest BCUT2D eigenvalue weighted by molar-refractivity contribution is 5.66. The smallest absolute Gasteiger partial charge is 0.303 e. The van der Waals surface area contributed by atoms with E-state index in [0.29, 0.717) is 17.3 Å². The van der Waals surface area contributed by atoms with Crippen molar-refractivity contribution < 1.29 is 24.5 Å². The van der Waals surface area contributed by atoms with Gasteiger partial charge in [-0.2, -0.15) is 0 Å². The lowest BCUT2D eigenvalue weighted by Gasteiger charge is -2.30. The van der Waals surface area contributed by atoms with E-state index in [1.54, 1.807) is 6.92 Å². The molecule has 304 valence electrons. The van der Waals surface area contributed by atoms with Gasteiger partial charge in [-0.15, -0.1) is 0 Å². The zero-order valence-electron chi connectivity index (χ0n) is 36.0. The van der Waals surface area contributed by atoms with Crippen LogP contribution >= 0.6 is 0 Å². The lowest BCUT2D eigenvalue weighted by Crippen LogP contribution is -2.26. The van der Waals surface area contributed by atoms with Crippen LogP contribution in [0.2, 0.25) is 0 Å². The van der Waals surface area contributed by atoms with Crippen LogP contribution in [0.15, 0.2) is 121 Å². The molecule has 55 heavy (non-hydrogen) atoms. The molecule has 5 nitrogen and oxygen atoms in total. The van der Waals surface area contributed by atoms with Crippen molar-refractivity contribution in [2.45, 2.75) is 132 Å². The average Bonchev–Trinajstić information content (AvgIpc) is 3.19. The van der Waals surface area contributed by atoms with E-state index in [4.69, 9.17) is 14.6 Å². The predicted octanol–water partition coefficient (Wildman–Crippen LogP) is 13.3. The van der Waals surface area contributed by atoms with Crippen molar-refractivity contribution in [3.8, 4) is 0 Å². The summed E-state index contributed by atoms with van der Waals surface area (Å²) in [7, 11) is 0. The number of aliphatic hydroxyl groups is 1. The van der Waals surface area contributed by atoms with Gasteiger partial charge in [0, 0.05) is 13.0 Å². The lowest BCUT2D eigenvalue weighted by molar-refractivity contribution is -0.198. The van der Waals surface area contributed by atoms with E-state index in [1.807, 2.05) is 50.2 Å². The summed E-state index contributed by atoms with van der Waals surface area (Å²) < 4.78 is 11.8. The van der Waals surface area contributed by atoms with Gasteiger partial charge in [-0.3, -0.25) is 4.79 Å². The molecular formula is C50H74O5. The van der Waals surface area contributed by atoms with Gasteiger partial charge in [0.1, 0.15) is 0 Å². The van der Waals surface area contributed by atoms with Crippen LogP contribution in [-0.2, 0) is 26.1 Å². The maximum Gasteiger partial charge on any atom is 0.303 e. The summed E-state index contributed by atoms with van der Waals surface area (Å²) in [5.74, 6) is 1.45. The largest absolute Gasteiger partial charge is 0.481 e. The molecule has 0 aromatic heterocycles. The van der Waals surface area contributed by atoms with Crippen molar-refractivity contribution in [3.05, 3.63) is 144 Å². The first kappa shape index (κ1) is 49.2. The summed E-state index contributed by atoms with van der Waals surface area (Å²) in [4.78, 5) is 9.37. The van der Waals surface area contributed by atoms with Gasteiger partial charge >= 0.3 is 5.97 Å². The van der Waals surface area contributed by atoms with Crippen molar-refractivity contribution in [1.29, 1.82) is 0 Å². The number of rotatable bonds is 11. The Bertz CT molecular complexity index is 1480. The molecule has 4 aromatic carbocycles. The predicted molar refractivity (Wildman–Crippen MR) is 232 cm³/mol. The second kappa shape index (κ2) is 27.8. The standard InChI is InChI=1S/C15H22O2.C12H18.C10H14O.C10H14.C3H6O2/c1-12(2)15(13-8-4-3-5-9-13)17-14-10-6-7-11-16-14;1-10(2)12(3,4)11-8-6-5-7-9-11;1-8(2)10(11)9-6-4-3-5-7-9;1-9(2)8-10-6-4-3-5-7-10;1-2-3(4)5/h3-5,8-9,12,14-15H,6-7,10-11H2,1-2H3;5-10H,1-4H3;3-8,10-11H,1-2H3;3-7,9H,8H2,1-2H3;2H2,1H3,(H,4,5). The Hall–Kier alpha value is -3.77. The Morgan fingerprint density at radius 1 is 0.709 bits per heavy atom. The molecule has 0 radical (unpaired) electrons. The number of aliphatic carboxylic acids is 1. The molecule has 5 rings (SSSR count). The highest BCUT2D eigenvalue weighted by Gasteiger charge is 2.24. The van der Waals surface area contributed by atoms with Crippen molar-refractivity contribution in [2.24, 2.45) is 23.7 Å². The van der Waals surface area contributed by atoms with Crippen molar-refractivity contribution in [1.82, 2.24) is 0 Å². The normalized spacial score (nSPS) is 14.9. The highest BCUT2D eigenvalue weighted by atomic mass is 16.7. The SMILES string of the molecule is CC(C)C(C)(C)c1ccccc1.CC(C)C(O)c1ccccc1.CC(C)C(OC1CCCCO1)c1ccccc1.CC(C)Cc1ccccc1.CCC(=O)O. The second-order valence-corrected chi connectivity index (χ2v) is 16.2. The van der Waals surface area contributed by atoms with Gasteiger partial charge in [0.15, 0.2) is 6.29 Å². The number of carbonyl (C=O) groups is 1. The topological polar surface area (TPSA) is 76.0 Å². The van der Waals surface area contributed by atoms with E-state index < -0.39 is 5.97 Å². The summed E-state index contributed by atoms with van der Waals surface area (Å²) in [6.07, 6.45) is 4.62. The van der Waals surface area contributed by atoms with Crippen LogP contribution in [0.25, 0.3) is 0 Å². The van der Waals surface area contributed by atoms with Crippen LogP contribution in [0.5, 0.6) is 0 Å². The van der Waals surface area contributed by atoms with Crippen LogP contribution in [0.4, 0.5) is 0 Å². The number of hydrogen-bond donors (Lipinski definition) is 2. The third-order valence-electron chi connectivity index (χ3n) is 9.69. The first-order chi connectivity index (χ1) is 26.1. The summed E-state index contributed by atoms with van der Waals surface area (Å²) >= 11 is 0. The summed E-state index contributed by atoms with van der Waals surface area (Å²) in [5.41, 5.74) is 5.41. The van der Waals surface area contributed by atoms with Gasteiger partial charge in [-0.25, -0.2) is 0 Å². The Kier molecular flexibility index (Phi) is 24.9. The molecule has 0 bridgehead atoms. The second-order valence-electron chi connectivity index (χ2n) is 16.2. The molecule has 1 heterocycles. The Balaban J connectivity index is 0.000000359. The van der Waals surface area contributed by atoms with E-state index in [0.717, 1.165) is 30.9 Å². The fraction of sp³-hybridized carbons (Fsp3) is 0.500. The van der Waals surface area contributed by atoms with Crippen LogP contribution in [0.1, 0.15) is 136 Å². The molecule has 1 aliphatic heterocycles. The zero-order valence-corrected chi connectivity index (χ0v) is 36.0. The van der Waals surface area contributed by atoms with Gasteiger partial charge in [0.2, 0.25) is 0 Å².